The van der Waals surface area contributed by atoms with Gasteiger partial charge >= 0.3 is 5.97 Å². The fourth-order valence-electron chi connectivity index (χ4n) is 2.89. The smallest absolute Gasteiger partial charge is 0.311 e. The minimum Gasteiger partial charge on any atom is -0.466 e. The van der Waals surface area contributed by atoms with Crippen LogP contribution in [0.5, 0.6) is 0 Å². The first-order valence-corrected chi connectivity index (χ1v) is 6.44. The summed E-state index contributed by atoms with van der Waals surface area (Å²) in [6, 6.07) is 2.04. The zero-order valence-corrected chi connectivity index (χ0v) is 11.5. The SMILES string of the molecule is CCOC(=O)C1CNCC1(C)c1cc(C)oc1C. The average Bonchev–Trinajstić information content (AvgIpc) is 2.83. The molecule has 2 unspecified atom stereocenters. The molecule has 1 N–H and O–H groups in total. The van der Waals surface area contributed by atoms with Crippen LogP contribution in [0.15, 0.2) is 10.5 Å². The lowest BCUT2D eigenvalue weighted by Crippen LogP contribution is -2.37. The fourth-order valence-corrected chi connectivity index (χ4v) is 2.89. The Morgan fingerprint density at radius 3 is 2.89 bits per heavy atom. The average molecular weight is 251 g/mol. The molecule has 0 saturated carbocycles. The summed E-state index contributed by atoms with van der Waals surface area (Å²) in [5.41, 5.74) is 0.872. The molecule has 4 heteroatoms. The van der Waals surface area contributed by atoms with Gasteiger partial charge in [0.05, 0.1) is 12.5 Å². The van der Waals surface area contributed by atoms with Crippen molar-refractivity contribution >= 4 is 5.97 Å². The molecule has 2 heterocycles. The van der Waals surface area contributed by atoms with Crippen molar-refractivity contribution in [3.8, 4) is 0 Å². The first-order valence-electron chi connectivity index (χ1n) is 6.44. The van der Waals surface area contributed by atoms with Crippen LogP contribution in [0.1, 0.15) is 30.9 Å². The number of hydrogen-bond donors (Lipinski definition) is 1. The van der Waals surface area contributed by atoms with Crippen LogP contribution < -0.4 is 5.32 Å². The molecular formula is C14H21NO3. The van der Waals surface area contributed by atoms with Crippen molar-refractivity contribution < 1.29 is 13.9 Å². The van der Waals surface area contributed by atoms with Gasteiger partial charge in [0.2, 0.25) is 0 Å². The third-order valence-electron chi connectivity index (χ3n) is 3.84. The maximum atomic E-state index is 12.1. The molecule has 4 nitrogen and oxygen atoms in total. The van der Waals surface area contributed by atoms with Gasteiger partial charge in [-0.05, 0) is 26.8 Å². The van der Waals surface area contributed by atoms with Crippen LogP contribution in [0, 0.1) is 19.8 Å². The number of rotatable bonds is 3. The van der Waals surface area contributed by atoms with Crippen molar-refractivity contribution in [1.82, 2.24) is 5.32 Å². The third kappa shape index (κ3) is 2.05. The Balaban J connectivity index is 2.34. The number of carbonyl (C=O) groups excluding carboxylic acids is 1. The van der Waals surface area contributed by atoms with Crippen LogP contribution in [-0.2, 0) is 14.9 Å². The molecule has 1 aromatic heterocycles. The van der Waals surface area contributed by atoms with Crippen LogP contribution in [0.2, 0.25) is 0 Å². The molecule has 0 amide bonds. The van der Waals surface area contributed by atoms with Gasteiger partial charge in [-0.2, -0.15) is 0 Å². The highest BCUT2D eigenvalue weighted by atomic mass is 16.5. The second-order valence-corrected chi connectivity index (χ2v) is 5.18. The van der Waals surface area contributed by atoms with Gasteiger partial charge in [0.25, 0.3) is 0 Å². The predicted octanol–water partition coefficient (Wildman–Crippen LogP) is 1.94. The van der Waals surface area contributed by atoms with Crippen molar-refractivity contribution in [3.05, 3.63) is 23.2 Å². The van der Waals surface area contributed by atoms with Crippen molar-refractivity contribution in [1.29, 1.82) is 0 Å². The lowest BCUT2D eigenvalue weighted by atomic mass is 9.74. The van der Waals surface area contributed by atoms with Gasteiger partial charge in [0.1, 0.15) is 11.5 Å². The molecule has 1 saturated heterocycles. The number of ether oxygens (including phenoxy) is 1. The van der Waals surface area contributed by atoms with Crippen LogP contribution in [0.4, 0.5) is 0 Å². The van der Waals surface area contributed by atoms with Gasteiger partial charge in [-0.25, -0.2) is 0 Å². The van der Waals surface area contributed by atoms with Gasteiger partial charge < -0.3 is 14.5 Å². The van der Waals surface area contributed by atoms with E-state index in [-0.39, 0.29) is 17.3 Å². The summed E-state index contributed by atoms with van der Waals surface area (Å²) in [7, 11) is 0. The maximum absolute atomic E-state index is 12.1. The van der Waals surface area contributed by atoms with E-state index in [9.17, 15) is 4.79 Å². The van der Waals surface area contributed by atoms with E-state index in [1.54, 1.807) is 0 Å². The molecular weight excluding hydrogens is 230 g/mol. The summed E-state index contributed by atoms with van der Waals surface area (Å²) < 4.78 is 10.8. The molecule has 0 aliphatic carbocycles. The lowest BCUT2D eigenvalue weighted by Gasteiger charge is -2.28. The number of furan rings is 1. The molecule has 1 aliphatic heterocycles. The minimum absolute atomic E-state index is 0.122. The van der Waals surface area contributed by atoms with E-state index in [0.29, 0.717) is 13.2 Å². The van der Waals surface area contributed by atoms with Gasteiger partial charge in [0.15, 0.2) is 0 Å². The summed E-state index contributed by atoms with van der Waals surface area (Å²) in [6.07, 6.45) is 0. The number of aryl methyl sites for hydroxylation is 2. The first kappa shape index (κ1) is 13.1. The molecule has 2 rings (SSSR count). The molecule has 1 fully saturated rings. The highest BCUT2D eigenvalue weighted by Crippen LogP contribution is 2.38. The number of esters is 1. The molecule has 0 bridgehead atoms. The van der Waals surface area contributed by atoms with E-state index in [1.807, 2.05) is 26.8 Å². The van der Waals surface area contributed by atoms with E-state index >= 15 is 0 Å². The Labute approximate surface area is 108 Å². The molecule has 1 aromatic rings. The minimum atomic E-state index is -0.242. The normalized spacial score (nSPS) is 27.4. The molecule has 0 aromatic carbocycles. The van der Waals surface area contributed by atoms with Crippen LogP contribution in [-0.4, -0.2) is 25.7 Å². The monoisotopic (exact) mass is 251 g/mol. The second kappa shape index (κ2) is 4.76. The number of nitrogens with one attached hydrogen (secondary N) is 1. The maximum Gasteiger partial charge on any atom is 0.311 e. The molecule has 0 radical (unpaired) electrons. The molecule has 100 valence electrons. The summed E-state index contributed by atoms with van der Waals surface area (Å²) >= 11 is 0. The number of carbonyl (C=O) groups is 1. The van der Waals surface area contributed by atoms with E-state index < -0.39 is 0 Å². The Morgan fingerprint density at radius 1 is 1.61 bits per heavy atom. The summed E-state index contributed by atoms with van der Waals surface area (Å²) in [4.78, 5) is 12.1. The van der Waals surface area contributed by atoms with Crippen LogP contribution >= 0.6 is 0 Å². The lowest BCUT2D eigenvalue weighted by molar-refractivity contribution is -0.149. The van der Waals surface area contributed by atoms with E-state index in [1.165, 1.54) is 0 Å². The quantitative estimate of drug-likeness (QED) is 0.834. The van der Waals surface area contributed by atoms with Crippen LogP contribution in [0.25, 0.3) is 0 Å². The van der Waals surface area contributed by atoms with Crippen molar-refractivity contribution in [2.24, 2.45) is 5.92 Å². The van der Waals surface area contributed by atoms with Gasteiger partial charge in [-0.1, -0.05) is 6.92 Å². The zero-order chi connectivity index (χ0) is 13.3. The van der Waals surface area contributed by atoms with E-state index in [0.717, 1.165) is 23.6 Å². The summed E-state index contributed by atoms with van der Waals surface area (Å²) in [5, 5.41) is 3.29. The third-order valence-corrected chi connectivity index (χ3v) is 3.84. The van der Waals surface area contributed by atoms with E-state index in [2.05, 4.69) is 12.2 Å². The topological polar surface area (TPSA) is 51.5 Å². The second-order valence-electron chi connectivity index (χ2n) is 5.18. The van der Waals surface area contributed by atoms with Crippen LogP contribution in [0.3, 0.4) is 0 Å². The van der Waals surface area contributed by atoms with Gasteiger partial charge in [-0.3, -0.25) is 4.79 Å². The molecule has 0 spiro atoms. The Hall–Kier alpha value is -1.29. The summed E-state index contributed by atoms with van der Waals surface area (Å²) in [6.45, 7) is 9.69. The van der Waals surface area contributed by atoms with Crippen molar-refractivity contribution in [2.45, 2.75) is 33.1 Å². The van der Waals surface area contributed by atoms with Crippen molar-refractivity contribution in [2.75, 3.05) is 19.7 Å². The highest BCUT2D eigenvalue weighted by molar-refractivity contribution is 5.75. The highest BCUT2D eigenvalue weighted by Gasteiger charge is 2.46. The predicted molar refractivity (Wildman–Crippen MR) is 68.5 cm³/mol. The van der Waals surface area contributed by atoms with E-state index in [4.69, 9.17) is 9.15 Å². The molecule has 18 heavy (non-hydrogen) atoms. The number of hydrogen-bond acceptors (Lipinski definition) is 4. The zero-order valence-electron chi connectivity index (χ0n) is 11.5. The van der Waals surface area contributed by atoms with Gasteiger partial charge in [-0.15, -0.1) is 0 Å². The summed E-state index contributed by atoms with van der Waals surface area (Å²) in [5.74, 6) is 1.52. The van der Waals surface area contributed by atoms with Crippen molar-refractivity contribution in [3.63, 3.8) is 0 Å². The Morgan fingerprint density at radius 2 is 2.33 bits per heavy atom. The largest absolute Gasteiger partial charge is 0.466 e. The molecule has 1 aliphatic rings. The molecule has 2 atom stereocenters. The first-order chi connectivity index (χ1) is 8.49. The van der Waals surface area contributed by atoms with Gasteiger partial charge in [0, 0.05) is 24.1 Å². The standard InChI is InChI=1S/C14H21NO3/c1-5-17-13(16)12-7-15-8-14(12,4)11-6-9(2)18-10(11)3/h6,12,15H,5,7-8H2,1-4H3. The fraction of sp³-hybridized carbons (Fsp3) is 0.643. The Bertz CT molecular complexity index is 452. The Kier molecular flexibility index (Phi) is 3.48.